The molecule has 0 aromatic heterocycles. The van der Waals surface area contributed by atoms with E-state index in [2.05, 4.69) is 0 Å². The van der Waals surface area contributed by atoms with Crippen LogP contribution in [0, 0.1) is 6.92 Å². The minimum Gasteiger partial charge on any atom is -0.460 e. The van der Waals surface area contributed by atoms with Gasteiger partial charge in [0.15, 0.2) is 0 Å². The first-order valence-corrected chi connectivity index (χ1v) is 8.90. The van der Waals surface area contributed by atoms with Gasteiger partial charge < -0.3 is 9.64 Å². The smallest absolute Gasteiger partial charge is 0.313 e. The van der Waals surface area contributed by atoms with Gasteiger partial charge in [-0.3, -0.25) is 9.59 Å². The summed E-state index contributed by atoms with van der Waals surface area (Å²) < 4.78 is 5.45. The molecule has 0 fully saturated rings. The summed E-state index contributed by atoms with van der Waals surface area (Å²) in [7, 11) is 0. The normalized spacial score (nSPS) is 15.0. The molecule has 1 atom stereocenters. The Morgan fingerprint density at radius 2 is 1.77 bits per heavy atom. The number of hydrogen-bond acceptors (Lipinski definition) is 3. The number of carbonyl (C=O) groups excluding carboxylic acids is 2. The van der Waals surface area contributed by atoms with E-state index in [4.69, 9.17) is 4.74 Å². The highest BCUT2D eigenvalue weighted by Gasteiger charge is 2.29. The number of amides is 1. The first-order valence-electron chi connectivity index (χ1n) is 8.90. The van der Waals surface area contributed by atoms with Crippen molar-refractivity contribution in [1.29, 1.82) is 0 Å². The van der Waals surface area contributed by atoms with Crippen LogP contribution in [-0.4, -0.2) is 17.5 Å². The minimum absolute atomic E-state index is 0.0247. The van der Waals surface area contributed by atoms with Crippen molar-refractivity contribution >= 4 is 17.6 Å². The third-order valence-corrected chi connectivity index (χ3v) is 4.53. The molecule has 0 N–H and O–H groups in total. The summed E-state index contributed by atoms with van der Waals surface area (Å²) in [6.07, 6.45) is 0. The maximum atomic E-state index is 12.7. The molecule has 0 radical (unpaired) electrons. The van der Waals surface area contributed by atoms with Crippen molar-refractivity contribution in [1.82, 2.24) is 0 Å². The fraction of sp³-hybridized carbons (Fsp3) is 0.364. The minimum atomic E-state index is -0.503. The molecule has 1 aliphatic rings. The van der Waals surface area contributed by atoms with Gasteiger partial charge in [0.2, 0.25) is 0 Å². The first-order chi connectivity index (χ1) is 12.2. The molecule has 0 aliphatic carbocycles. The molecule has 0 bridgehead atoms. The van der Waals surface area contributed by atoms with Crippen LogP contribution < -0.4 is 4.90 Å². The highest BCUT2D eigenvalue weighted by atomic mass is 16.6. The fourth-order valence-electron chi connectivity index (χ4n) is 3.09. The Kier molecular flexibility index (Phi) is 4.61. The van der Waals surface area contributed by atoms with E-state index in [0.29, 0.717) is 6.54 Å². The van der Waals surface area contributed by atoms with Crippen LogP contribution in [-0.2, 0) is 16.1 Å². The van der Waals surface area contributed by atoms with Crippen LogP contribution in [0.15, 0.2) is 42.5 Å². The monoisotopic (exact) mass is 351 g/mol. The number of hydrogen-bond donors (Lipinski definition) is 0. The lowest BCUT2D eigenvalue weighted by atomic mass is 10.0. The molecular formula is C22H25NO3. The lowest BCUT2D eigenvalue weighted by Gasteiger charge is -2.23. The van der Waals surface area contributed by atoms with Crippen LogP contribution in [0.1, 0.15) is 60.7 Å². The molecule has 1 amide bonds. The molecule has 136 valence electrons. The summed E-state index contributed by atoms with van der Waals surface area (Å²) in [5, 5.41) is 0. The van der Waals surface area contributed by atoms with Crippen LogP contribution in [0.5, 0.6) is 0 Å². The molecule has 3 rings (SSSR count). The van der Waals surface area contributed by atoms with E-state index in [1.165, 1.54) is 0 Å². The molecule has 0 saturated carbocycles. The van der Waals surface area contributed by atoms with Crippen molar-refractivity contribution in [2.24, 2.45) is 0 Å². The zero-order valence-electron chi connectivity index (χ0n) is 16.0. The molecule has 2 aromatic rings. The van der Waals surface area contributed by atoms with Crippen LogP contribution in [0.2, 0.25) is 0 Å². The Balaban J connectivity index is 1.77. The number of ether oxygens (including phenoxy) is 1. The van der Waals surface area contributed by atoms with E-state index in [9.17, 15) is 9.59 Å². The van der Waals surface area contributed by atoms with Gasteiger partial charge in [0, 0.05) is 11.3 Å². The highest BCUT2D eigenvalue weighted by Crippen LogP contribution is 2.30. The van der Waals surface area contributed by atoms with Gasteiger partial charge in [-0.2, -0.15) is 0 Å². The molecule has 26 heavy (non-hydrogen) atoms. The largest absolute Gasteiger partial charge is 0.460 e. The molecule has 0 spiro atoms. The van der Waals surface area contributed by atoms with Crippen molar-refractivity contribution in [3.63, 3.8) is 0 Å². The van der Waals surface area contributed by atoms with Crippen molar-refractivity contribution < 1.29 is 14.3 Å². The van der Waals surface area contributed by atoms with Gasteiger partial charge in [-0.25, -0.2) is 0 Å². The standard InChI is InChI=1S/C22H25NO3/c1-14-6-7-17-13-23(20(24)19(17)12-14)18-10-8-16(9-11-18)15(2)21(25)26-22(3,4)5/h6-12,15H,13H2,1-5H3. The first kappa shape index (κ1) is 18.2. The Hall–Kier alpha value is -2.62. The fourth-order valence-corrected chi connectivity index (χ4v) is 3.09. The average molecular weight is 351 g/mol. The van der Waals surface area contributed by atoms with Gasteiger partial charge in [0.25, 0.3) is 5.91 Å². The number of aryl methyl sites for hydroxylation is 1. The number of benzene rings is 2. The average Bonchev–Trinajstić information content (AvgIpc) is 2.89. The second-order valence-electron chi connectivity index (χ2n) is 7.90. The van der Waals surface area contributed by atoms with E-state index in [1.54, 1.807) is 4.90 Å². The number of esters is 1. The maximum absolute atomic E-state index is 12.7. The second kappa shape index (κ2) is 6.60. The number of anilines is 1. The summed E-state index contributed by atoms with van der Waals surface area (Å²) in [5.41, 5.74) is 4.12. The van der Waals surface area contributed by atoms with Crippen LogP contribution >= 0.6 is 0 Å². The zero-order valence-corrected chi connectivity index (χ0v) is 16.0. The van der Waals surface area contributed by atoms with Crippen molar-refractivity contribution in [3.05, 3.63) is 64.7 Å². The summed E-state index contributed by atoms with van der Waals surface area (Å²) >= 11 is 0. The lowest BCUT2D eigenvalue weighted by molar-refractivity contribution is -0.156. The number of fused-ring (bicyclic) bond motifs is 1. The third-order valence-electron chi connectivity index (χ3n) is 4.53. The van der Waals surface area contributed by atoms with E-state index in [0.717, 1.165) is 27.9 Å². The predicted molar refractivity (Wildman–Crippen MR) is 102 cm³/mol. The Labute approximate surface area is 154 Å². The van der Waals surface area contributed by atoms with E-state index in [1.807, 2.05) is 77.1 Å². The maximum Gasteiger partial charge on any atom is 0.313 e. The van der Waals surface area contributed by atoms with Gasteiger partial charge in [-0.1, -0.05) is 29.8 Å². The second-order valence-corrected chi connectivity index (χ2v) is 7.90. The third kappa shape index (κ3) is 3.64. The van der Waals surface area contributed by atoms with Gasteiger partial charge >= 0.3 is 5.97 Å². The van der Waals surface area contributed by atoms with Gasteiger partial charge in [0.1, 0.15) is 5.60 Å². The molecule has 4 heteroatoms. The molecular weight excluding hydrogens is 326 g/mol. The molecule has 0 saturated heterocycles. The van der Waals surface area contributed by atoms with Crippen molar-refractivity contribution in [2.75, 3.05) is 4.90 Å². The Morgan fingerprint density at radius 3 is 2.38 bits per heavy atom. The number of nitrogens with zero attached hydrogens (tertiary/aromatic N) is 1. The summed E-state index contributed by atoms with van der Waals surface area (Å²) in [6.45, 7) is 9.98. The molecule has 2 aromatic carbocycles. The van der Waals surface area contributed by atoms with Gasteiger partial charge in [-0.15, -0.1) is 0 Å². The predicted octanol–water partition coefficient (Wildman–Crippen LogP) is 4.60. The number of rotatable bonds is 3. The Bertz CT molecular complexity index is 847. The topological polar surface area (TPSA) is 46.6 Å². The molecule has 1 unspecified atom stereocenters. The zero-order chi connectivity index (χ0) is 19.1. The molecule has 4 nitrogen and oxygen atoms in total. The lowest BCUT2D eigenvalue weighted by Crippen LogP contribution is -2.27. The van der Waals surface area contributed by atoms with Crippen LogP contribution in [0.25, 0.3) is 0 Å². The van der Waals surface area contributed by atoms with Gasteiger partial charge in [0.05, 0.1) is 12.5 Å². The van der Waals surface area contributed by atoms with Crippen LogP contribution in [0.4, 0.5) is 5.69 Å². The van der Waals surface area contributed by atoms with E-state index < -0.39 is 5.60 Å². The number of carbonyl (C=O) groups is 2. The summed E-state index contributed by atoms with van der Waals surface area (Å²) in [6, 6.07) is 13.6. The van der Waals surface area contributed by atoms with Gasteiger partial charge in [-0.05, 0) is 63.9 Å². The van der Waals surface area contributed by atoms with Crippen molar-refractivity contribution in [3.8, 4) is 0 Å². The van der Waals surface area contributed by atoms with Crippen LogP contribution in [0.3, 0.4) is 0 Å². The SMILES string of the molecule is Cc1ccc2c(c1)C(=O)N(c1ccc(C(C)C(=O)OC(C)(C)C)cc1)C2. The Morgan fingerprint density at radius 1 is 1.12 bits per heavy atom. The molecule has 1 aliphatic heterocycles. The highest BCUT2D eigenvalue weighted by molar-refractivity contribution is 6.10. The van der Waals surface area contributed by atoms with E-state index >= 15 is 0 Å². The quantitative estimate of drug-likeness (QED) is 0.759. The summed E-state index contributed by atoms with van der Waals surface area (Å²) in [5.74, 6) is -0.570. The van der Waals surface area contributed by atoms with Crippen molar-refractivity contribution in [2.45, 2.75) is 52.7 Å². The van der Waals surface area contributed by atoms with E-state index in [-0.39, 0.29) is 17.8 Å². The molecule has 1 heterocycles. The summed E-state index contributed by atoms with van der Waals surface area (Å²) in [4.78, 5) is 26.7.